The second kappa shape index (κ2) is 6.44. The fraction of sp³-hybridized carbons (Fsp3) is 0.600. The lowest BCUT2D eigenvalue weighted by atomic mass is 9.99. The predicted octanol–water partition coefficient (Wildman–Crippen LogP) is 3.17. The van der Waals surface area contributed by atoms with Crippen molar-refractivity contribution in [2.45, 2.75) is 44.8 Å². The molecule has 19 heavy (non-hydrogen) atoms. The molecule has 1 aromatic carbocycles. The lowest BCUT2D eigenvalue weighted by molar-refractivity contribution is 0.156. The summed E-state index contributed by atoms with van der Waals surface area (Å²) in [6.45, 7) is 2.25. The molecule has 0 spiro atoms. The molecule has 2 atom stereocenters. The third-order valence-electron chi connectivity index (χ3n) is 4.07. The minimum atomic E-state index is -1.15. The summed E-state index contributed by atoms with van der Waals surface area (Å²) in [5.41, 5.74) is -0.242. The van der Waals surface area contributed by atoms with Gasteiger partial charge in [0.05, 0.1) is 11.7 Å². The monoisotopic (exact) mass is 269 g/mol. The zero-order chi connectivity index (χ0) is 13.8. The van der Waals surface area contributed by atoms with Crippen molar-refractivity contribution in [2.24, 2.45) is 5.92 Å². The molecule has 0 aromatic heterocycles. The predicted molar refractivity (Wildman–Crippen MR) is 70.7 cm³/mol. The van der Waals surface area contributed by atoms with Gasteiger partial charge in [-0.05, 0) is 37.8 Å². The van der Waals surface area contributed by atoms with Crippen molar-refractivity contribution in [3.63, 3.8) is 0 Å². The maximum absolute atomic E-state index is 13.5. The lowest BCUT2D eigenvalue weighted by Crippen LogP contribution is -2.35. The lowest BCUT2D eigenvalue weighted by Gasteiger charge is -2.22. The van der Waals surface area contributed by atoms with E-state index in [9.17, 15) is 13.9 Å². The van der Waals surface area contributed by atoms with Gasteiger partial charge in [0.2, 0.25) is 0 Å². The molecule has 0 aliphatic heterocycles. The summed E-state index contributed by atoms with van der Waals surface area (Å²) in [7, 11) is 0. The Kier molecular flexibility index (Phi) is 4.88. The van der Waals surface area contributed by atoms with Gasteiger partial charge in [-0.2, -0.15) is 0 Å². The minimum absolute atomic E-state index is 0.176. The van der Waals surface area contributed by atoms with Crippen LogP contribution in [-0.4, -0.2) is 17.7 Å². The highest BCUT2D eigenvalue weighted by atomic mass is 19.1. The second-order valence-corrected chi connectivity index (χ2v) is 5.39. The number of hydrogen-bond donors (Lipinski definition) is 2. The largest absolute Gasteiger partial charge is 0.387 e. The molecule has 2 unspecified atom stereocenters. The quantitative estimate of drug-likeness (QED) is 0.860. The molecule has 1 aliphatic carbocycles. The van der Waals surface area contributed by atoms with Gasteiger partial charge >= 0.3 is 0 Å². The summed E-state index contributed by atoms with van der Waals surface area (Å²) >= 11 is 0. The minimum Gasteiger partial charge on any atom is -0.387 e. The van der Waals surface area contributed by atoms with E-state index < -0.39 is 17.7 Å². The molecule has 0 saturated heterocycles. The molecule has 0 amide bonds. The van der Waals surface area contributed by atoms with Crippen LogP contribution in [-0.2, 0) is 0 Å². The van der Waals surface area contributed by atoms with Crippen molar-refractivity contribution in [3.8, 4) is 0 Å². The average Bonchev–Trinajstić information content (AvgIpc) is 2.89. The van der Waals surface area contributed by atoms with E-state index in [0.29, 0.717) is 5.92 Å². The molecule has 2 nitrogen and oxygen atoms in total. The first-order valence-corrected chi connectivity index (χ1v) is 6.95. The molecule has 1 saturated carbocycles. The maximum Gasteiger partial charge on any atom is 0.131 e. The summed E-state index contributed by atoms with van der Waals surface area (Å²) in [4.78, 5) is 0. The van der Waals surface area contributed by atoms with Crippen molar-refractivity contribution >= 4 is 0 Å². The number of aliphatic hydroxyl groups is 1. The summed E-state index contributed by atoms with van der Waals surface area (Å²) in [6.07, 6.45) is 3.74. The third-order valence-corrected chi connectivity index (χ3v) is 4.07. The highest BCUT2D eigenvalue weighted by molar-refractivity contribution is 5.22. The topological polar surface area (TPSA) is 32.3 Å². The smallest absolute Gasteiger partial charge is 0.131 e. The SMILES string of the molecule is CC(NCC(O)c1c(F)cccc1F)C1CCCC1. The van der Waals surface area contributed by atoms with Gasteiger partial charge < -0.3 is 10.4 Å². The van der Waals surface area contributed by atoms with Crippen LogP contribution >= 0.6 is 0 Å². The molecule has 1 fully saturated rings. The van der Waals surface area contributed by atoms with Gasteiger partial charge in [-0.25, -0.2) is 8.78 Å². The summed E-state index contributed by atoms with van der Waals surface area (Å²) in [5, 5.41) is 13.1. The van der Waals surface area contributed by atoms with E-state index in [1.165, 1.54) is 43.9 Å². The van der Waals surface area contributed by atoms with Crippen molar-refractivity contribution in [1.82, 2.24) is 5.32 Å². The number of hydrogen-bond acceptors (Lipinski definition) is 2. The van der Waals surface area contributed by atoms with Crippen LogP contribution < -0.4 is 5.32 Å². The summed E-state index contributed by atoms with van der Waals surface area (Å²) in [5.74, 6) is -0.775. The molecule has 0 heterocycles. The molecular formula is C15H21F2NO. The highest BCUT2D eigenvalue weighted by Gasteiger charge is 2.23. The number of aliphatic hydroxyl groups excluding tert-OH is 1. The normalized spacial score (nSPS) is 19.6. The van der Waals surface area contributed by atoms with Gasteiger partial charge in [0.25, 0.3) is 0 Å². The molecule has 0 bridgehead atoms. The second-order valence-electron chi connectivity index (χ2n) is 5.39. The van der Waals surface area contributed by atoms with E-state index in [-0.39, 0.29) is 18.2 Å². The van der Waals surface area contributed by atoms with Gasteiger partial charge in [-0.15, -0.1) is 0 Å². The molecule has 0 radical (unpaired) electrons. The first kappa shape index (κ1) is 14.4. The van der Waals surface area contributed by atoms with Gasteiger partial charge in [-0.3, -0.25) is 0 Å². The fourth-order valence-electron chi connectivity index (χ4n) is 2.85. The van der Waals surface area contributed by atoms with Gasteiger partial charge in [0.15, 0.2) is 0 Å². The Morgan fingerprint density at radius 1 is 1.26 bits per heavy atom. The van der Waals surface area contributed by atoms with Crippen LogP contribution in [0.25, 0.3) is 0 Å². The zero-order valence-electron chi connectivity index (χ0n) is 11.2. The van der Waals surface area contributed by atoms with Gasteiger partial charge in [-0.1, -0.05) is 18.9 Å². The highest BCUT2D eigenvalue weighted by Crippen LogP contribution is 2.28. The van der Waals surface area contributed by atoms with Crippen LogP contribution in [0.4, 0.5) is 8.78 Å². The Labute approximate surface area is 112 Å². The number of halogens is 2. The van der Waals surface area contributed by atoms with E-state index in [0.717, 1.165) is 0 Å². The molecule has 106 valence electrons. The standard InChI is InChI=1S/C15H21F2NO/c1-10(11-5-2-3-6-11)18-9-14(19)15-12(16)7-4-8-13(15)17/h4,7-8,10-11,14,18-19H,2-3,5-6,9H2,1H3. The van der Waals surface area contributed by atoms with Crippen molar-refractivity contribution in [2.75, 3.05) is 6.54 Å². The Hall–Kier alpha value is -1.00. The van der Waals surface area contributed by atoms with E-state index in [4.69, 9.17) is 0 Å². The van der Waals surface area contributed by atoms with Gasteiger partial charge in [0, 0.05) is 12.6 Å². The number of rotatable bonds is 5. The first-order chi connectivity index (χ1) is 9.09. The van der Waals surface area contributed by atoms with E-state index >= 15 is 0 Å². The Bertz CT molecular complexity index is 398. The number of nitrogens with one attached hydrogen (secondary N) is 1. The fourth-order valence-corrected chi connectivity index (χ4v) is 2.85. The van der Waals surface area contributed by atoms with E-state index in [2.05, 4.69) is 12.2 Å². The molecule has 4 heteroatoms. The Morgan fingerprint density at radius 2 is 1.84 bits per heavy atom. The zero-order valence-corrected chi connectivity index (χ0v) is 11.2. The Morgan fingerprint density at radius 3 is 2.42 bits per heavy atom. The molecule has 1 aliphatic rings. The summed E-state index contributed by atoms with van der Waals surface area (Å²) < 4.78 is 27.0. The van der Waals surface area contributed by atoms with E-state index in [1.807, 2.05) is 0 Å². The number of benzene rings is 1. The van der Waals surface area contributed by atoms with Gasteiger partial charge in [0.1, 0.15) is 11.6 Å². The van der Waals surface area contributed by atoms with E-state index in [1.54, 1.807) is 0 Å². The van der Waals surface area contributed by atoms with Crippen LogP contribution in [0, 0.1) is 17.6 Å². The van der Waals surface area contributed by atoms with Crippen molar-refractivity contribution in [1.29, 1.82) is 0 Å². The van der Waals surface area contributed by atoms with Crippen LogP contribution in [0.2, 0.25) is 0 Å². The van der Waals surface area contributed by atoms with Crippen LogP contribution in [0.5, 0.6) is 0 Å². The maximum atomic E-state index is 13.5. The Balaban J connectivity index is 1.91. The van der Waals surface area contributed by atoms with Crippen molar-refractivity contribution in [3.05, 3.63) is 35.4 Å². The van der Waals surface area contributed by atoms with Crippen LogP contribution in [0.15, 0.2) is 18.2 Å². The average molecular weight is 269 g/mol. The molecule has 2 rings (SSSR count). The third kappa shape index (κ3) is 3.51. The van der Waals surface area contributed by atoms with Crippen LogP contribution in [0.1, 0.15) is 44.3 Å². The van der Waals surface area contributed by atoms with Crippen molar-refractivity contribution < 1.29 is 13.9 Å². The molecule has 2 N–H and O–H groups in total. The molecular weight excluding hydrogens is 248 g/mol. The first-order valence-electron chi connectivity index (χ1n) is 6.95. The van der Waals surface area contributed by atoms with Crippen LogP contribution in [0.3, 0.4) is 0 Å². The summed E-state index contributed by atoms with van der Waals surface area (Å²) in [6, 6.07) is 3.91. The molecule has 1 aromatic rings.